The quantitative estimate of drug-likeness (QED) is 0.645. The molecule has 0 bridgehead atoms. The number of hydrogen-bond donors (Lipinski definition) is 2. The van der Waals surface area contributed by atoms with Crippen molar-refractivity contribution < 1.29 is 22.7 Å². The average Bonchev–Trinajstić information content (AvgIpc) is 2.45. The van der Waals surface area contributed by atoms with E-state index in [2.05, 4.69) is 10.6 Å². The van der Waals surface area contributed by atoms with Crippen molar-refractivity contribution in [2.75, 3.05) is 7.11 Å². The molecule has 0 aromatic heterocycles. The largest absolute Gasteiger partial charge is 0.466 e. The van der Waals surface area contributed by atoms with Crippen LogP contribution >= 0.6 is 12.2 Å². The van der Waals surface area contributed by atoms with Gasteiger partial charge in [0.05, 0.1) is 24.3 Å². The van der Waals surface area contributed by atoms with Crippen LogP contribution in [0, 0.1) is 0 Å². The van der Waals surface area contributed by atoms with Crippen LogP contribution in [0.15, 0.2) is 35.5 Å². The molecule has 1 aromatic rings. The summed E-state index contributed by atoms with van der Waals surface area (Å²) >= 11 is 5.03. The molecule has 0 spiro atoms. The van der Waals surface area contributed by atoms with Gasteiger partial charge in [-0.25, -0.2) is 4.79 Å². The van der Waals surface area contributed by atoms with Crippen LogP contribution in [0.2, 0.25) is 0 Å². The molecule has 0 saturated heterocycles. The van der Waals surface area contributed by atoms with Crippen molar-refractivity contribution >= 4 is 23.3 Å². The Kier molecular flexibility index (Phi) is 4.41. The van der Waals surface area contributed by atoms with Gasteiger partial charge >= 0.3 is 12.1 Å². The number of carbonyl (C=O) groups excluding carboxylic acids is 1. The maximum Gasteiger partial charge on any atom is 0.416 e. The van der Waals surface area contributed by atoms with Gasteiger partial charge in [-0.05, 0) is 36.8 Å². The van der Waals surface area contributed by atoms with Gasteiger partial charge in [0.15, 0.2) is 5.11 Å². The number of benzene rings is 1. The predicted octanol–water partition coefficient (Wildman–Crippen LogP) is 2.67. The summed E-state index contributed by atoms with van der Waals surface area (Å²) in [7, 11) is 1.24. The lowest BCUT2D eigenvalue weighted by atomic mass is 9.95. The Morgan fingerprint density at radius 2 is 1.86 bits per heavy atom. The fourth-order valence-corrected chi connectivity index (χ4v) is 2.46. The molecule has 0 fully saturated rings. The Hall–Kier alpha value is -2.09. The lowest BCUT2D eigenvalue weighted by Gasteiger charge is -2.29. The highest BCUT2D eigenvalue weighted by Gasteiger charge is 2.33. The average molecular weight is 330 g/mol. The molecule has 1 aliphatic rings. The van der Waals surface area contributed by atoms with Crippen molar-refractivity contribution in [3.8, 4) is 0 Å². The van der Waals surface area contributed by atoms with Crippen LogP contribution in [-0.4, -0.2) is 18.2 Å². The molecule has 1 aliphatic heterocycles. The molecule has 8 heteroatoms. The first-order valence-electron chi connectivity index (χ1n) is 6.27. The zero-order valence-electron chi connectivity index (χ0n) is 11.7. The second-order valence-electron chi connectivity index (χ2n) is 4.68. The smallest absolute Gasteiger partial charge is 0.416 e. The summed E-state index contributed by atoms with van der Waals surface area (Å²) in [4.78, 5) is 11.9. The van der Waals surface area contributed by atoms with Gasteiger partial charge in [-0.15, -0.1) is 0 Å². The van der Waals surface area contributed by atoms with Crippen molar-refractivity contribution in [1.29, 1.82) is 0 Å². The number of alkyl halides is 3. The SMILES string of the molecule is COC(=O)C1=C(C)NC(=S)NC1c1ccc(C(F)(F)F)cc1. The van der Waals surface area contributed by atoms with Crippen LogP contribution in [0.25, 0.3) is 0 Å². The van der Waals surface area contributed by atoms with E-state index in [9.17, 15) is 18.0 Å². The number of hydrogen-bond acceptors (Lipinski definition) is 3. The number of rotatable bonds is 2. The van der Waals surface area contributed by atoms with Crippen LogP contribution in [0.4, 0.5) is 13.2 Å². The maximum atomic E-state index is 12.6. The molecule has 2 N–H and O–H groups in total. The van der Waals surface area contributed by atoms with Gasteiger partial charge in [0.2, 0.25) is 0 Å². The summed E-state index contributed by atoms with van der Waals surface area (Å²) in [5.74, 6) is -0.579. The van der Waals surface area contributed by atoms with Gasteiger partial charge < -0.3 is 15.4 Å². The first kappa shape index (κ1) is 16.3. The Bertz CT molecular complexity index is 638. The summed E-state index contributed by atoms with van der Waals surface area (Å²) in [6, 6.07) is 3.89. The van der Waals surface area contributed by atoms with Crippen LogP contribution in [0.3, 0.4) is 0 Å². The van der Waals surface area contributed by atoms with Gasteiger partial charge in [-0.1, -0.05) is 12.1 Å². The lowest BCUT2D eigenvalue weighted by molar-refractivity contribution is -0.138. The second kappa shape index (κ2) is 5.96. The number of ether oxygens (including phenoxy) is 1. The van der Waals surface area contributed by atoms with E-state index in [1.807, 2.05) is 0 Å². The van der Waals surface area contributed by atoms with Gasteiger partial charge in [0.25, 0.3) is 0 Å². The second-order valence-corrected chi connectivity index (χ2v) is 5.09. The third-order valence-corrected chi connectivity index (χ3v) is 3.47. The van der Waals surface area contributed by atoms with Crippen molar-refractivity contribution in [3.63, 3.8) is 0 Å². The van der Waals surface area contributed by atoms with E-state index in [0.717, 1.165) is 12.1 Å². The van der Waals surface area contributed by atoms with E-state index < -0.39 is 23.8 Å². The Balaban J connectivity index is 2.42. The summed E-state index contributed by atoms with van der Waals surface area (Å²) in [6.07, 6.45) is -4.41. The summed E-state index contributed by atoms with van der Waals surface area (Å²) in [5.41, 5.74) is 0.501. The number of halogens is 3. The highest BCUT2D eigenvalue weighted by molar-refractivity contribution is 7.80. The van der Waals surface area contributed by atoms with Crippen molar-refractivity contribution in [1.82, 2.24) is 10.6 Å². The zero-order valence-corrected chi connectivity index (χ0v) is 12.6. The molecule has 1 atom stereocenters. The highest BCUT2D eigenvalue weighted by Crippen LogP contribution is 2.32. The molecule has 1 aromatic carbocycles. The molecule has 118 valence electrons. The van der Waals surface area contributed by atoms with Crippen molar-refractivity contribution in [2.24, 2.45) is 0 Å². The summed E-state index contributed by atoms with van der Waals surface area (Å²) in [6.45, 7) is 1.65. The minimum Gasteiger partial charge on any atom is -0.466 e. The Morgan fingerprint density at radius 1 is 1.27 bits per heavy atom. The fraction of sp³-hybridized carbons (Fsp3) is 0.286. The number of nitrogens with one attached hydrogen (secondary N) is 2. The minimum atomic E-state index is -4.41. The molecular weight excluding hydrogens is 317 g/mol. The van der Waals surface area contributed by atoms with E-state index in [-0.39, 0.29) is 10.7 Å². The topological polar surface area (TPSA) is 50.4 Å². The van der Waals surface area contributed by atoms with Crippen molar-refractivity contribution in [2.45, 2.75) is 19.1 Å². The number of methoxy groups -OCH3 is 1. The van der Waals surface area contributed by atoms with E-state index in [1.165, 1.54) is 19.2 Å². The van der Waals surface area contributed by atoms with Gasteiger partial charge in [-0.2, -0.15) is 13.2 Å². The number of allylic oxidation sites excluding steroid dienone is 1. The minimum absolute atomic E-state index is 0.274. The first-order valence-corrected chi connectivity index (χ1v) is 6.68. The molecule has 4 nitrogen and oxygen atoms in total. The van der Waals surface area contributed by atoms with Gasteiger partial charge in [-0.3, -0.25) is 0 Å². The molecule has 0 aliphatic carbocycles. The zero-order chi connectivity index (χ0) is 16.5. The third kappa shape index (κ3) is 3.22. The van der Waals surface area contributed by atoms with Crippen LogP contribution in [-0.2, 0) is 15.7 Å². The van der Waals surface area contributed by atoms with E-state index >= 15 is 0 Å². The standard InChI is InChI=1S/C14H13F3N2O2S/c1-7-10(12(20)21-2)11(19-13(22)18-7)8-3-5-9(6-4-8)14(15,16)17/h3-6,11H,1-2H3,(H2,18,19,22). The Morgan fingerprint density at radius 3 is 2.36 bits per heavy atom. The van der Waals surface area contributed by atoms with Crippen LogP contribution in [0.1, 0.15) is 24.1 Å². The fourth-order valence-electron chi connectivity index (χ4n) is 2.19. The van der Waals surface area contributed by atoms with Crippen molar-refractivity contribution in [3.05, 3.63) is 46.7 Å². The molecule has 22 heavy (non-hydrogen) atoms. The molecule has 0 radical (unpaired) electrons. The van der Waals surface area contributed by atoms with E-state index in [0.29, 0.717) is 11.3 Å². The number of carbonyl (C=O) groups is 1. The molecule has 0 saturated carbocycles. The Labute approximate surface area is 130 Å². The molecule has 1 unspecified atom stereocenters. The van der Waals surface area contributed by atoms with E-state index in [4.69, 9.17) is 17.0 Å². The maximum absolute atomic E-state index is 12.6. The van der Waals surface area contributed by atoms with Gasteiger partial charge in [0, 0.05) is 5.70 Å². The van der Waals surface area contributed by atoms with Gasteiger partial charge in [0.1, 0.15) is 0 Å². The molecule has 1 heterocycles. The predicted molar refractivity (Wildman–Crippen MR) is 77.8 cm³/mol. The highest BCUT2D eigenvalue weighted by atomic mass is 32.1. The summed E-state index contributed by atoms with van der Waals surface area (Å²) in [5, 5.41) is 5.95. The number of thiocarbonyl (C=S) groups is 1. The number of esters is 1. The molecule has 0 amide bonds. The normalized spacial score (nSPS) is 18.6. The first-order chi connectivity index (χ1) is 10.2. The van der Waals surface area contributed by atoms with Crippen LogP contribution in [0.5, 0.6) is 0 Å². The summed E-state index contributed by atoms with van der Waals surface area (Å²) < 4.78 is 42.6. The van der Waals surface area contributed by atoms with Crippen LogP contribution < -0.4 is 10.6 Å². The lowest BCUT2D eigenvalue weighted by Crippen LogP contribution is -2.45. The van der Waals surface area contributed by atoms with E-state index in [1.54, 1.807) is 6.92 Å². The molecule has 2 rings (SSSR count). The monoisotopic (exact) mass is 330 g/mol. The molecular formula is C14H13F3N2O2S. The third-order valence-electron chi connectivity index (χ3n) is 3.25.